The molecule has 0 amide bonds. The van der Waals surface area contributed by atoms with Crippen molar-refractivity contribution in [1.29, 1.82) is 0 Å². The van der Waals surface area contributed by atoms with Crippen LogP contribution in [0.2, 0.25) is 0 Å². The lowest BCUT2D eigenvalue weighted by Gasteiger charge is -2.26. The van der Waals surface area contributed by atoms with Gasteiger partial charge in [-0.3, -0.25) is 4.79 Å². The number of ketones is 1. The minimum Gasteiger partial charge on any atom is -0.390 e. The summed E-state index contributed by atoms with van der Waals surface area (Å²) in [5.41, 5.74) is 0. The van der Waals surface area contributed by atoms with Crippen LogP contribution in [0.1, 0.15) is 32.6 Å². The SMILES string of the molecule is CCC/C=C/C=C/[C@@H]1CC(=O)[C@@H](O)[C@H](O)C1. The van der Waals surface area contributed by atoms with Gasteiger partial charge in [0.15, 0.2) is 5.78 Å². The molecular formula is C13H20O3. The fourth-order valence-electron chi connectivity index (χ4n) is 1.83. The van der Waals surface area contributed by atoms with Gasteiger partial charge < -0.3 is 10.2 Å². The van der Waals surface area contributed by atoms with E-state index >= 15 is 0 Å². The molecule has 0 unspecified atom stereocenters. The number of unbranched alkanes of at least 4 members (excludes halogenated alkanes) is 1. The molecule has 2 N–H and O–H groups in total. The second-order valence-electron chi connectivity index (χ2n) is 4.28. The smallest absolute Gasteiger partial charge is 0.164 e. The van der Waals surface area contributed by atoms with Crippen molar-refractivity contribution in [3.63, 3.8) is 0 Å². The maximum atomic E-state index is 11.3. The Morgan fingerprint density at radius 3 is 2.75 bits per heavy atom. The van der Waals surface area contributed by atoms with Crippen LogP contribution in [0.4, 0.5) is 0 Å². The molecule has 0 saturated heterocycles. The van der Waals surface area contributed by atoms with Gasteiger partial charge in [-0.15, -0.1) is 0 Å². The van der Waals surface area contributed by atoms with Crippen LogP contribution in [0.15, 0.2) is 24.3 Å². The number of aliphatic hydroxyl groups is 2. The van der Waals surface area contributed by atoms with E-state index in [4.69, 9.17) is 0 Å². The molecule has 0 aliphatic heterocycles. The molecule has 0 aromatic heterocycles. The summed E-state index contributed by atoms with van der Waals surface area (Å²) >= 11 is 0. The largest absolute Gasteiger partial charge is 0.390 e. The molecular weight excluding hydrogens is 204 g/mol. The molecule has 0 spiro atoms. The first-order valence-electron chi connectivity index (χ1n) is 5.87. The monoisotopic (exact) mass is 224 g/mol. The van der Waals surface area contributed by atoms with Crippen LogP contribution in [0.5, 0.6) is 0 Å². The Kier molecular flexibility index (Phi) is 5.43. The number of carbonyl (C=O) groups excluding carboxylic acids is 1. The third-order valence-corrected chi connectivity index (χ3v) is 2.79. The molecule has 0 aromatic rings. The van der Waals surface area contributed by atoms with Crippen molar-refractivity contribution in [2.24, 2.45) is 5.92 Å². The van der Waals surface area contributed by atoms with Gasteiger partial charge in [0.1, 0.15) is 6.10 Å². The highest BCUT2D eigenvalue weighted by molar-refractivity contribution is 5.84. The number of rotatable bonds is 4. The topological polar surface area (TPSA) is 57.5 Å². The van der Waals surface area contributed by atoms with Gasteiger partial charge >= 0.3 is 0 Å². The molecule has 90 valence electrons. The van der Waals surface area contributed by atoms with Crippen LogP contribution >= 0.6 is 0 Å². The van der Waals surface area contributed by atoms with E-state index in [0.29, 0.717) is 12.8 Å². The predicted molar refractivity (Wildman–Crippen MR) is 62.9 cm³/mol. The van der Waals surface area contributed by atoms with E-state index < -0.39 is 12.2 Å². The molecule has 0 heterocycles. The molecule has 16 heavy (non-hydrogen) atoms. The van der Waals surface area contributed by atoms with Crippen molar-refractivity contribution in [3.8, 4) is 0 Å². The van der Waals surface area contributed by atoms with Crippen LogP contribution in [0, 0.1) is 5.92 Å². The summed E-state index contributed by atoms with van der Waals surface area (Å²) in [7, 11) is 0. The molecule has 0 bridgehead atoms. The van der Waals surface area contributed by atoms with Gasteiger partial charge in [0.2, 0.25) is 0 Å². The summed E-state index contributed by atoms with van der Waals surface area (Å²) in [6.45, 7) is 2.12. The number of allylic oxidation sites excluding steroid dienone is 4. The quantitative estimate of drug-likeness (QED) is 0.713. The number of aliphatic hydroxyl groups excluding tert-OH is 2. The van der Waals surface area contributed by atoms with Crippen LogP contribution in [0.3, 0.4) is 0 Å². The standard InChI is InChI=1S/C13H20O3/c1-2-3-4-5-6-7-10-8-11(14)13(16)12(15)9-10/h4-7,10-11,13-14,16H,2-3,8-9H2,1H3/b5-4+,7-6+/t10-,11+,13-/m0/s1. The van der Waals surface area contributed by atoms with Gasteiger partial charge in [0, 0.05) is 6.42 Å². The van der Waals surface area contributed by atoms with Gasteiger partial charge in [-0.05, 0) is 18.8 Å². The Hall–Kier alpha value is -0.930. The maximum Gasteiger partial charge on any atom is 0.164 e. The minimum atomic E-state index is -1.18. The Labute approximate surface area is 96.5 Å². The third kappa shape index (κ3) is 3.91. The predicted octanol–water partition coefficient (Wildman–Crippen LogP) is 1.60. The highest BCUT2D eigenvalue weighted by atomic mass is 16.3. The van der Waals surface area contributed by atoms with Crippen molar-refractivity contribution in [1.82, 2.24) is 0 Å². The zero-order valence-electron chi connectivity index (χ0n) is 9.67. The molecule has 3 nitrogen and oxygen atoms in total. The van der Waals surface area contributed by atoms with Crippen molar-refractivity contribution < 1.29 is 15.0 Å². The minimum absolute atomic E-state index is 0.0529. The number of Topliss-reactive ketones (excluding diaryl/α,β-unsaturated/α-hetero) is 1. The average molecular weight is 224 g/mol. The van der Waals surface area contributed by atoms with Gasteiger partial charge in [-0.25, -0.2) is 0 Å². The molecule has 1 rings (SSSR count). The summed E-state index contributed by atoms with van der Waals surface area (Å²) in [5.74, 6) is -0.205. The Morgan fingerprint density at radius 1 is 1.38 bits per heavy atom. The van der Waals surface area contributed by atoms with Gasteiger partial charge in [0.25, 0.3) is 0 Å². The van der Waals surface area contributed by atoms with E-state index in [1.165, 1.54) is 0 Å². The number of hydrogen-bond donors (Lipinski definition) is 2. The normalized spacial score (nSPS) is 31.7. The molecule has 1 fully saturated rings. The first-order chi connectivity index (χ1) is 7.65. The van der Waals surface area contributed by atoms with Crippen molar-refractivity contribution >= 4 is 5.78 Å². The van der Waals surface area contributed by atoms with E-state index in [1.54, 1.807) is 0 Å². The van der Waals surface area contributed by atoms with Crippen LogP contribution in [-0.4, -0.2) is 28.2 Å². The zero-order valence-corrected chi connectivity index (χ0v) is 9.67. The summed E-state index contributed by atoms with van der Waals surface area (Å²) in [5, 5.41) is 18.7. The van der Waals surface area contributed by atoms with E-state index in [1.807, 2.05) is 18.2 Å². The lowest BCUT2D eigenvalue weighted by Crippen LogP contribution is -2.40. The summed E-state index contributed by atoms with van der Waals surface area (Å²) in [4.78, 5) is 11.3. The van der Waals surface area contributed by atoms with Crippen molar-refractivity contribution in [2.75, 3.05) is 0 Å². The van der Waals surface area contributed by atoms with Crippen LogP contribution in [-0.2, 0) is 4.79 Å². The first-order valence-corrected chi connectivity index (χ1v) is 5.87. The summed E-state index contributed by atoms with van der Waals surface area (Å²) in [6, 6.07) is 0. The van der Waals surface area contributed by atoms with Crippen LogP contribution in [0.25, 0.3) is 0 Å². The maximum absolute atomic E-state index is 11.3. The second-order valence-corrected chi connectivity index (χ2v) is 4.28. The van der Waals surface area contributed by atoms with E-state index in [2.05, 4.69) is 13.0 Å². The molecule has 1 aliphatic carbocycles. The van der Waals surface area contributed by atoms with Gasteiger partial charge in [-0.2, -0.15) is 0 Å². The van der Waals surface area contributed by atoms with E-state index in [0.717, 1.165) is 12.8 Å². The number of carbonyl (C=O) groups is 1. The highest BCUT2D eigenvalue weighted by Crippen LogP contribution is 2.23. The lowest BCUT2D eigenvalue weighted by atomic mass is 9.84. The molecule has 0 aromatic carbocycles. The summed E-state index contributed by atoms with van der Waals surface area (Å²) in [6.07, 6.45) is 8.76. The highest BCUT2D eigenvalue weighted by Gasteiger charge is 2.32. The average Bonchev–Trinajstić information content (AvgIpc) is 2.25. The molecule has 1 saturated carbocycles. The Bertz CT molecular complexity index is 281. The zero-order chi connectivity index (χ0) is 12.0. The fraction of sp³-hybridized carbons (Fsp3) is 0.615. The third-order valence-electron chi connectivity index (χ3n) is 2.79. The first kappa shape index (κ1) is 13.1. The van der Waals surface area contributed by atoms with Crippen LogP contribution < -0.4 is 0 Å². The molecule has 1 aliphatic rings. The second kappa shape index (κ2) is 6.61. The Morgan fingerprint density at radius 2 is 2.12 bits per heavy atom. The summed E-state index contributed by atoms with van der Waals surface area (Å²) < 4.78 is 0. The van der Waals surface area contributed by atoms with Crippen molar-refractivity contribution in [2.45, 2.75) is 44.8 Å². The van der Waals surface area contributed by atoms with Gasteiger partial charge in [-0.1, -0.05) is 37.6 Å². The molecule has 3 atom stereocenters. The number of hydrogen-bond acceptors (Lipinski definition) is 3. The molecule has 3 heteroatoms. The van der Waals surface area contributed by atoms with E-state index in [-0.39, 0.29) is 11.7 Å². The fourth-order valence-corrected chi connectivity index (χ4v) is 1.83. The van der Waals surface area contributed by atoms with E-state index in [9.17, 15) is 15.0 Å². The van der Waals surface area contributed by atoms with Crippen molar-refractivity contribution in [3.05, 3.63) is 24.3 Å². The molecule has 0 radical (unpaired) electrons. The Balaban J connectivity index is 2.41. The lowest BCUT2D eigenvalue weighted by molar-refractivity contribution is -0.138. The van der Waals surface area contributed by atoms with Gasteiger partial charge in [0.05, 0.1) is 6.10 Å².